The molecule has 2 aliphatic rings. The van der Waals surface area contributed by atoms with Gasteiger partial charge in [0.1, 0.15) is 0 Å². The molecule has 0 aliphatic carbocycles. The number of hydrogen-bond donors (Lipinski definition) is 1. The first-order valence-electron chi connectivity index (χ1n) is 8.33. The number of anilines is 1. The number of aliphatic hydroxyl groups excluding tert-OH is 1. The minimum atomic E-state index is 0.209. The zero-order valence-electron chi connectivity index (χ0n) is 13.2. The second-order valence-electron chi connectivity index (χ2n) is 6.52. The molecule has 0 spiro atoms. The van der Waals surface area contributed by atoms with Crippen molar-refractivity contribution in [2.45, 2.75) is 51.2 Å². The molecule has 2 saturated heterocycles. The maximum atomic E-state index is 11.4. The molecular formula is C18H25NO3. The van der Waals surface area contributed by atoms with Crippen LogP contribution in [0.4, 0.5) is 5.69 Å². The second-order valence-corrected chi connectivity index (χ2v) is 6.52. The van der Waals surface area contributed by atoms with E-state index in [1.165, 1.54) is 5.56 Å². The van der Waals surface area contributed by atoms with Crippen LogP contribution >= 0.6 is 0 Å². The van der Waals surface area contributed by atoms with E-state index in [4.69, 9.17) is 9.84 Å². The van der Waals surface area contributed by atoms with Gasteiger partial charge in [0.15, 0.2) is 0 Å². The molecular weight excluding hydrogens is 278 g/mol. The van der Waals surface area contributed by atoms with Crippen molar-refractivity contribution in [2.24, 2.45) is 5.92 Å². The van der Waals surface area contributed by atoms with E-state index >= 15 is 0 Å². The van der Waals surface area contributed by atoms with Gasteiger partial charge in [-0.15, -0.1) is 0 Å². The Balaban J connectivity index is 1.50. The fourth-order valence-electron chi connectivity index (χ4n) is 3.43. The highest BCUT2D eigenvalue weighted by Crippen LogP contribution is 2.31. The number of carbonyl (C=O) groups is 1. The molecule has 2 fully saturated rings. The average Bonchev–Trinajstić information content (AvgIpc) is 2.85. The summed E-state index contributed by atoms with van der Waals surface area (Å²) < 4.78 is 6.03. The van der Waals surface area contributed by atoms with Gasteiger partial charge in [-0.1, -0.05) is 19.1 Å². The van der Waals surface area contributed by atoms with Crippen LogP contribution in [0, 0.1) is 5.92 Å². The van der Waals surface area contributed by atoms with Gasteiger partial charge in [-0.3, -0.25) is 4.79 Å². The molecule has 22 heavy (non-hydrogen) atoms. The number of carbonyl (C=O) groups excluding carboxylic acids is 1. The largest absolute Gasteiger partial charge is 0.396 e. The van der Waals surface area contributed by atoms with Gasteiger partial charge >= 0.3 is 0 Å². The van der Waals surface area contributed by atoms with Gasteiger partial charge in [-0.2, -0.15) is 0 Å². The molecule has 1 aromatic rings. The molecule has 4 nitrogen and oxygen atoms in total. The molecule has 2 aliphatic heterocycles. The molecule has 3 atom stereocenters. The third-order valence-corrected chi connectivity index (χ3v) is 4.90. The smallest absolute Gasteiger partial charge is 0.228 e. The summed E-state index contributed by atoms with van der Waals surface area (Å²) in [6.45, 7) is 3.29. The maximum absolute atomic E-state index is 11.4. The zero-order chi connectivity index (χ0) is 15.5. The highest BCUT2D eigenvalue weighted by atomic mass is 16.5. The number of ether oxygens (including phenoxy) is 1. The third kappa shape index (κ3) is 3.33. The summed E-state index contributed by atoms with van der Waals surface area (Å²) in [5.41, 5.74) is 2.30. The van der Waals surface area contributed by atoms with Gasteiger partial charge in [0.25, 0.3) is 0 Å². The van der Waals surface area contributed by atoms with Crippen LogP contribution in [0.5, 0.6) is 0 Å². The minimum absolute atomic E-state index is 0.209. The van der Waals surface area contributed by atoms with Gasteiger partial charge in [-0.05, 0) is 49.3 Å². The van der Waals surface area contributed by atoms with Crippen LogP contribution in [0.15, 0.2) is 24.3 Å². The molecule has 2 heterocycles. The lowest BCUT2D eigenvalue weighted by atomic mass is 9.96. The van der Waals surface area contributed by atoms with Crippen LogP contribution in [0.1, 0.15) is 38.2 Å². The predicted molar refractivity (Wildman–Crippen MR) is 85.9 cm³/mol. The van der Waals surface area contributed by atoms with Crippen LogP contribution in [-0.2, 0) is 16.0 Å². The van der Waals surface area contributed by atoms with Crippen molar-refractivity contribution in [3.05, 3.63) is 29.8 Å². The van der Waals surface area contributed by atoms with Crippen LogP contribution in [0.2, 0.25) is 0 Å². The summed E-state index contributed by atoms with van der Waals surface area (Å²) in [6, 6.07) is 8.32. The van der Waals surface area contributed by atoms with E-state index in [1.807, 2.05) is 17.0 Å². The van der Waals surface area contributed by atoms with E-state index < -0.39 is 0 Å². The summed E-state index contributed by atoms with van der Waals surface area (Å²) in [6.07, 6.45) is 5.02. The highest BCUT2D eigenvalue weighted by Gasteiger charge is 2.31. The lowest BCUT2D eigenvalue weighted by Gasteiger charge is -2.30. The van der Waals surface area contributed by atoms with Crippen molar-refractivity contribution in [3.8, 4) is 0 Å². The molecule has 0 unspecified atom stereocenters. The van der Waals surface area contributed by atoms with Crippen molar-refractivity contribution >= 4 is 11.6 Å². The molecule has 120 valence electrons. The second kappa shape index (κ2) is 6.80. The molecule has 1 N–H and O–H groups in total. The minimum Gasteiger partial charge on any atom is -0.396 e. The summed E-state index contributed by atoms with van der Waals surface area (Å²) in [4.78, 5) is 13.3. The van der Waals surface area contributed by atoms with E-state index in [2.05, 4.69) is 19.1 Å². The van der Waals surface area contributed by atoms with Crippen LogP contribution in [0.25, 0.3) is 0 Å². The van der Waals surface area contributed by atoms with E-state index in [0.29, 0.717) is 18.4 Å². The summed E-state index contributed by atoms with van der Waals surface area (Å²) in [5.74, 6) is 0.783. The number of β-lactam (4-membered cyclic amide) rings is 1. The van der Waals surface area contributed by atoms with Gasteiger partial charge in [0.05, 0.1) is 12.2 Å². The van der Waals surface area contributed by atoms with Crippen molar-refractivity contribution in [1.29, 1.82) is 0 Å². The van der Waals surface area contributed by atoms with Crippen LogP contribution < -0.4 is 4.90 Å². The topological polar surface area (TPSA) is 49.8 Å². The average molecular weight is 303 g/mol. The van der Waals surface area contributed by atoms with Crippen molar-refractivity contribution < 1.29 is 14.6 Å². The number of hydrogen-bond acceptors (Lipinski definition) is 3. The molecule has 0 aromatic heterocycles. The number of rotatable bonds is 6. The number of amides is 1. The molecule has 3 rings (SSSR count). The first kappa shape index (κ1) is 15.5. The van der Waals surface area contributed by atoms with Crippen LogP contribution in [0.3, 0.4) is 0 Å². The predicted octanol–water partition coefficient (Wildman–Crippen LogP) is 2.53. The Morgan fingerprint density at radius 3 is 2.64 bits per heavy atom. The van der Waals surface area contributed by atoms with Crippen LogP contribution in [-0.4, -0.2) is 36.4 Å². The Hall–Kier alpha value is -1.39. The van der Waals surface area contributed by atoms with Gasteiger partial charge < -0.3 is 14.7 Å². The quantitative estimate of drug-likeness (QED) is 0.822. The van der Waals surface area contributed by atoms with Crippen molar-refractivity contribution in [3.63, 3.8) is 0 Å². The normalized spacial score (nSPS) is 28.0. The fraction of sp³-hybridized carbons (Fsp3) is 0.611. The Kier molecular flexibility index (Phi) is 4.79. The lowest BCUT2D eigenvalue weighted by Crippen LogP contribution is -2.43. The molecule has 1 amide bonds. The monoisotopic (exact) mass is 303 g/mol. The zero-order valence-corrected chi connectivity index (χ0v) is 13.2. The lowest BCUT2D eigenvalue weighted by molar-refractivity contribution is -0.122. The first-order valence-corrected chi connectivity index (χ1v) is 8.33. The molecule has 0 bridgehead atoms. The molecule has 0 radical (unpaired) electrons. The fourth-order valence-corrected chi connectivity index (χ4v) is 3.43. The molecule has 1 aromatic carbocycles. The summed E-state index contributed by atoms with van der Waals surface area (Å²) in [7, 11) is 0. The van der Waals surface area contributed by atoms with Gasteiger partial charge in [-0.25, -0.2) is 0 Å². The molecule has 0 saturated carbocycles. The Labute approximate surface area is 132 Å². The van der Waals surface area contributed by atoms with Crippen molar-refractivity contribution in [2.75, 3.05) is 18.1 Å². The maximum Gasteiger partial charge on any atom is 0.228 e. The Morgan fingerprint density at radius 2 is 2.05 bits per heavy atom. The van der Waals surface area contributed by atoms with Gasteiger partial charge in [0, 0.05) is 25.3 Å². The first-order chi connectivity index (χ1) is 10.7. The Morgan fingerprint density at radius 1 is 1.27 bits per heavy atom. The third-order valence-electron chi connectivity index (χ3n) is 4.90. The summed E-state index contributed by atoms with van der Waals surface area (Å²) >= 11 is 0. The Bertz CT molecular complexity index is 514. The number of benzene rings is 1. The SMILES string of the molecule is C[C@H]1C[C@@H](CCO)O[C@H]1CCc1ccc(N2CCC2=O)cc1. The van der Waals surface area contributed by atoms with Crippen molar-refractivity contribution in [1.82, 2.24) is 0 Å². The van der Waals surface area contributed by atoms with E-state index in [1.54, 1.807) is 0 Å². The van der Waals surface area contributed by atoms with Gasteiger partial charge in [0.2, 0.25) is 5.91 Å². The standard InChI is InChI=1S/C18H25NO3/c1-13-12-16(9-11-20)22-17(13)7-4-14-2-5-15(6-3-14)19-10-8-18(19)21/h2-3,5-6,13,16-17,20H,4,7-12H2,1H3/t13-,16+,17-/m0/s1. The van der Waals surface area contributed by atoms with E-state index in [-0.39, 0.29) is 18.6 Å². The molecule has 4 heteroatoms. The number of aliphatic hydroxyl groups is 1. The highest BCUT2D eigenvalue weighted by molar-refractivity contribution is 5.99. The van der Waals surface area contributed by atoms with E-state index in [0.717, 1.165) is 37.9 Å². The number of nitrogens with zero attached hydrogens (tertiary/aromatic N) is 1. The summed E-state index contributed by atoms with van der Waals surface area (Å²) in [5, 5.41) is 9.01. The number of aryl methyl sites for hydroxylation is 1. The van der Waals surface area contributed by atoms with E-state index in [9.17, 15) is 4.79 Å².